The molecule has 30 heavy (non-hydrogen) atoms. The Bertz CT molecular complexity index is 1070. The molecule has 0 spiro atoms. The van der Waals surface area contributed by atoms with Gasteiger partial charge in [-0.05, 0) is 25.1 Å². The first-order valence-corrected chi connectivity index (χ1v) is 9.51. The van der Waals surface area contributed by atoms with E-state index in [1.54, 1.807) is 38.6 Å². The molecule has 1 amide bonds. The number of anilines is 2. The van der Waals surface area contributed by atoms with Crippen LogP contribution in [0.15, 0.2) is 54.7 Å². The number of carbonyl (C=O) groups excluding carboxylic acids is 1. The molecule has 8 heteroatoms. The van der Waals surface area contributed by atoms with Crippen molar-refractivity contribution in [1.29, 1.82) is 0 Å². The summed E-state index contributed by atoms with van der Waals surface area (Å²) in [5.74, 6) is 2.29. The van der Waals surface area contributed by atoms with E-state index in [4.69, 9.17) is 14.2 Å². The van der Waals surface area contributed by atoms with Crippen LogP contribution >= 0.6 is 0 Å². The average molecular weight is 406 g/mol. The topological polar surface area (TPSA) is 94.6 Å². The summed E-state index contributed by atoms with van der Waals surface area (Å²) in [5, 5.41) is 5.81. The Morgan fingerprint density at radius 1 is 1.13 bits per heavy atom. The highest BCUT2D eigenvalue weighted by Crippen LogP contribution is 2.41. The van der Waals surface area contributed by atoms with E-state index in [0.717, 1.165) is 17.0 Å². The van der Waals surface area contributed by atoms with Crippen molar-refractivity contribution in [3.63, 3.8) is 0 Å². The minimum atomic E-state index is -0.336. The Morgan fingerprint density at radius 3 is 2.80 bits per heavy atom. The smallest absolute Gasteiger partial charge is 0.231 e. The van der Waals surface area contributed by atoms with Gasteiger partial charge in [0, 0.05) is 42.7 Å². The van der Waals surface area contributed by atoms with Crippen LogP contribution in [0.25, 0.3) is 0 Å². The van der Waals surface area contributed by atoms with Crippen LogP contribution in [-0.2, 0) is 4.79 Å². The number of fused-ring (bicyclic) bond motifs is 1. The number of nitrogens with one attached hydrogen (secondary N) is 2. The number of benzene rings is 2. The minimum absolute atomic E-state index is 0.0704. The third-order valence-corrected chi connectivity index (χ3v) is 4.81. The van der Waals surface area contributed by atoms with Crippen LogP contribution in [0.2, 0.25) is 0 Å². The summed E-state index contributed by atoms with van der Waals surface area (Å²) in [6.07, 6.45) is 1.37. The lowest BCUT2D eigenvalue weighted by Crippen LogP contribution is -2.31. The van der Waals surface area contributed by atoms with Crippen LogP contribution < -0.4 is 24.8 Å². The van der Waals surface area contributed by atoms with Crippen LogP contribution in [0.1, 0.15) is 18.4 Å². The Morgan fingerprint density at radius 2 is 2.00 bits per heavy atom. The van der Waals surface area contributed by atoms with E-state index >= 15 is 0 Å². The zero-order valence-electron chi connectivity index (χ0n) is 16.9. The molecule has 3 aromatic rings. The molecule has 2 heterocycles. The van der Waals surface area contributed by atoms with E-state index < -0.39 is 0 Å². The molecule has 1 aliphatic rings. The fraction of sp³-hybridized carbons (Fsp3) is 0.227. The first kappa shape index (κ1) is 19.5. The molecule has 1 aromatic heterocycles. The normalized spacial score (nSPS) is 16.9. The predicted molar refractivity (Wildman–Crippen MR) is 112 cm³/mol. The number of rotatable bonds is 6. The number of amides is 1. The van der Waals surface area contributed by atoms with Gasteiger partial charge in [-0.2, -0.15) is 4.98 Å². The fourth-order valence-corrected chi connectivity index (χ4v) is 3.38. The number of hydrogen-bond acceptors (Lipinski definition) is 7. The molecule has 2 N–H and O–H groups in total. The van der Waals surface area contributed by atoms with Crippen LogP contribution in [0, 0.1) is 0 Å². The van der Waals surface area contributed by atoms with Crippen LogP contribution in [0.3, 0.4) is 0 Å². The Labute approximate surface area is 174 Å². The fourth-order valence-electron chi connectivity index (χ4n) is 3.38. The van der Waals surface area contributed by atoms with E-state index in [-0.39, 0.29) is 17.9 Å². The molecular weight excluding hydrogens is 384 g/mol. The van der Waals surface area contributed by atoms with Crippen molar-refractivity contribution in [3.05, 3.63) is 60.3 Å². The van der Waals surface area contributed by atoms with Gasteiger partial charge in [0.05, 0.1) is 7.11 Å². The first-order valence-electron chi connectivity index (χ1n) is 9.51. The second kappa shape index (κ2) is 8.28. The largest absolute Gasteiger partial charge is 0.497 e. The number of aromatic nitrogens is 2. The molecule has 0 bridgehead atoms. The highest BCUT2D eigenvalue weighted by atomic mass is 16.5. The van der Waals surface area contributed by atoms with Crippen molar-refractivity contribution >= 4 is 17.5 Å². The van der Waals surface area contributed by atoms with E-state index in [1.807, 2.05) is 37.3 Å². The zero-order chi connectivity index (χ0) is 21.1. The van der Waals surface area contributed by atoms with Gasteiger partial charge in [0.2, 0.25) is 17.7 Å². The Kier molecular flexibility index (Phi) is 5.38. The molecule has 4 rings (SSSR count). The first-order chi connectivity index (χ1) is 14.6. The number of ether oxygens (including phenoxy) is 3. The Balaban J connectivity index is 1.51. The molecule has 8 nitrogen and oxygen atoms in total. The van der Waals surface area contributed by atoms with E-state index in [0.29, 0.717) is 23.3 Å². The maximum atomic E-state index is 12.1. The number of carbonyl (C=O) groups is 1. The van der Waals surface area contributed by atoms with Crippen molar-refractivity contribution in [3.8, 4) is 23.1 Å². The molecule has 1 aliphatic heterocycles. The minimum Gasteiger partial charge on any atom is -0.497 e. The van der Waals surface area contributed by atoms with Gasteiger partial charge in [-0.15, -0.1) is 0 Å². The summed E-state index contributed by atoms with van der Waals surface area (Å²) in [5.41, 5.74) is 1.64. The van der Waals surface area contributed by atoms with Crippen molar-refractivity contribution in [2.24, 2.45) is 0 Å². The van der Waals surface area contributed by atoms with E-state index in [1.165, 1.54) is 0 Å². The van der Waals surface area contributed by atoms with Crippen molar-refractivity contribution < 1.29 is 19.0 Å². The maximum Gasteiger partial charge on any atom is 0.231 e. The molecule has 0 radical (unpaired) electrons. The summed E-state index contributed by atoms with van der Waals surface area (Å²) < 4.78 is 17.0. The van der Waals surface area contributed by atoms with Gasteiger partial charge in [0.1, 0.15) is 29.3 Å². The summed E-state index contributed by atoms with van der Waals surface area (Å²) in [7, 11) is 3.23. The second-order valence-corrected chi connectivity index (χ2v) is 6.79. The summed E-state index contributed by atoms with van der Waals surface area (Å²) >= 11 is 0. The monoisotopic (exact) mass is 406 g/mol. The number of methoxy groups -OCH3 is 1. The molecule has 0 saturated carbocycles. The Hall–Kier alpha value is -3.81. The van der Waals surface area contributed by atoms with Crippen molar-refractivity contribution in [2.45, 2.75) is 18.9 Å². The lowest BCUT2D eigenvalue weighted by molar-refractivity contribution is -0.123. The van der Waals surface area contributed by atoms with Gasteiger partial charge in [-0.3, -0.25) is 4.79 Å². The van der Waals surface area contributed by atoms with Gasteiger partial charge in [0.25, 0.3) is 0 Å². The van der Waals surface area contributed by atoms with E-state index in [9.17, 15) is 4.79 Å². The van der Waals surface area contributed by atoms with Crippen molar-refractivity contribution in [2.75, 3.05) is 19.5 Å². The third-order valence-electron chi connectivity index (χ3n) is 4.81. The number of nitrogens with zero attached hydrogens (tertiary/aromatic N) is 2. The molecule has 0 aliphatic carbocycles. The summed E-state index contributed by atoms with van der Waals surface area (Å²) in [6, 6.07) is 14.6. The van der Waals surface area contributed by atoms with Gasteiger partial charge in [-0.1, -0.05) is 12.1 Å². The van der Waals surface area contributed by atoms with Crippen LogP contribution in [0.5, 0.6) is 23.1 Å². The third kappa shape index (κ3) is 3.98. The standard InChI is InChI=1S/C22H22N4O4/c1-13-20(21(27)23-2)17-8-7-16(12-18(17)29-13)30-19-9-10-24-22(26-19)25-14-5-4-6-15(11-14)28-3/h4-13,20H,1-3H3,(H,23,27)(H,24,25,26). The summed E-state index contributed by atoms with van der Waals surface area (Å²) in [6.45, 7) is 1.88. The molecule has 2 unspecified atom stereocenters. The quantitative estimate of drug-likeness (QED) is 0.645. The molecular formula is C22H22N4O4. The highest BCUT2D eigenvalue weighted by Gasteiger charge is 2.36. The van der Waals surface area contributed by atoms with E-state index in [2.05, 4.69) is 20.6 Å². The van der Waals surface area contributed by atoms with Gasteiger partial charge in [0.15, 0.2) is 0 Å². The number of hydrogen-bond donors (Lipinski definition) is 2. The molecule has 2 atom stereocenters. The predicted octanol–water partition coefficient (Wildman–Crippen LogP) is 3.63. The lowest BCUT2D eigenvalue weighted by atomic mass is 9.95. The molecule has 0 fully saturated rings. The highest BCUT2D eigenvalue weighted by molar-refractivity contribution is 5.86. The molecule has 2 aromatic carbocycles. The number of likely N-dealkylation sites (N-methyl/N-ethyl adjacent to an activating group) is 1. The lowest BCUT2D eigenvalue weighted by Gasteiger charge is -2.12. The molecule has 154 valence electrons. The summed E-state index contributed by atoms with van der Waals surface area (Å²) in [4.78, 5) is 20.8. The van der Waals surface area contributed by atoms with Gasteiger partial charge >= 0.3 is 0 Å². The second-order valence-electron chi connectivity index (χ2n) is 6.79. The maximum absolute atomic E-state index is 12.1. The van der Waals surface area contributed by atoms with Crippen molar-refractivity contribution in [1.82, 2.24) is 15.3 Å². The van der Waals surface area contributed by atoms with Crippen LogP contribution in [0.4, 0.5) is 11.6 Å². The van der Waals surface area contributed by atoms with Gasteiger partial charge in [-0.25, -0.2) is 4.98 Å². The average Bonchev–Trinajstić information content (AvgIpc) is 3.08. The van der Waals surface area contributed by atoms with Crippen LogP contribution in [-0.4, -0.2) is 36.1 Å². The SMILES string of the molecule is CNC(=O)C1c2ccc(Oc3ccnc(Nc4cccc(OC)c4)n3)cc2OC1C. The zero-order valence-corrected chi connectivity index (χ0v) is 16.9. The molecule has 0 saturated heterocycles. The van der Waals surface area contributed by atoms with Gasteiger partial charge < -0.3 is 24.8 Å².